The minimum atomic E-state index is -0.384. The molecule has 0 atom stereocenters. The number of benzene rings is 1. The van der Waals surface area contributed by atoms with Gasteiger partial charge in [0.25, 0.3) is 0 Å². The van der Waals surface area contributed by atoms with Crippen LogP contribution in [-0.2, 0) is 17.7 Å². The van der Waals surface area contributed by atoms with E-state index in [1.807, 2.05) is 18.3 Å². The molecule has 6 nitrogen and oxygen atoms in total. The number of amides is 1. The molecule has 1 aromatic carbocycles. The highest BCUT2D eigenvalue weighted by molar-refractivity contribution is 9.10. The Morgan fingerprint density at radius 2 is 2.36 bits per heavy atom. The van der Waals surface area contributed by atoms with E-state index in [9.17, 15) is 4.79 Å². The maximum absolute atomic E-state index is 11.7. The Morgan fingerprint density at radius 1 is 1.55 bits per heavy atom. The summed E-state index contributed by atoms with van der Waals surface area (Å²) in [6.45, 7) is 1.71. The van der Waals surface area contributed by atoms with Crippen LogP contribution in [0.3, 0.4) is 0 Å². The van der Waals surface area contributed by atoms with Gasteiger partial charge in [-0.05, 0) is 24.1 Å². The first kappa shape index (κ1) is 14.9. The van der Waals surface area contributed by atoms with Gasteiger partial charge in [-0.1, -0.05) is 15.9 Å². The zero-order valence-electron chi connectivity index (χ0n) is 12.5. The molecule has 0 fully saturated rings. The topological polar surface area (TPSA) is 61.5 Å². The molecule has 1 aliphatic rings. The van der Waals surface area contributed by atoms with Crippen molar-refractivity contribution in [3.05, 3.63) is 40.4 Å². The Balaban J connectivity index is 1.92. The summed E-state index contributed by atoms with van der Waals surface area (Å²) >= 11 is 3.62. The normalized spacial score (nSPS) is 13.1. The SMILES string of the molecule is COC(=O)N(C)c1cc(Br)c2c(c1)N(Cc1cnc[nH]1)CC2. The number of methoxy groups -OCH3 is 1. The minimum Gasteiger partial charge on any atom is -0.452 e. The number of ether oxygens (including phenoxy) is 1. The van der Waals surface area contributed by atoms with Crippen LogP contribution in [0.2, 0.25) is 0 Å². The number of imidazole rings is 1. The molecule has 7 heteroatoms. The van der Waals surface area contributed by atoms with E-state index in [0.29, 0.717) is 0 Å². The summed E-state index contributed by atoms with van der Waals surface area (Å²) in [6.07, 6.45) is 4.11. The molecule has 2 heterocycles. The van der Waals surface area contributed by atoms with Crippen molar-refractivity contribution in [2.45, 2.75) is 13.0 Å². The van der Waals surface area contributed by atoms with Crippen LogP contribution in [0, 0.1) is 0 Å². The Kier molecular flexibility index (Phi) is 4.06. The van der Waals surface area contributed by atoms with Crippen LogP contribution in [0.4, 0.5) is 16.2 Å². The molecule has 1 aliphatic heterocycles. The molecule has 0 unspecified atom stereocenters. The standard InChI is InChI=1S/C15H17BrN4O2/c1-19(15(21)22-2)11-5-13(16)12-3-4-20(14(12)6-11)8-10-7-17-9-18-10/h5-7,9H,3-4,8H2,1-2H3,(H,17,18). The van der Waals surface area contributed by atoms with E-state index in [-0.39, 0.29) is 6.09 Å². The molecule has 22 heavy (non-hydrogen) atoms. The lowest BCUT2D eigenvalue weighted by Crippen LogP contribution is -2.26. The number of halogens is 1. The summed E-state index contributed by atoms with van der Waals surface area (Å²) in [5.41, 5.74) is 4.26. The number of hydrogen-bond donors (Lipinski definition) is 1. The van der Waals surface area contributed by atoms with Crippen molar-refractivity contribution in [2.24, 2.45) is 0 Å². The van der Waals surface area contributed by atoms with Gasteiger partial charge in [-0.15, -0.1) is 0 Å². The number of carbonyl (C=O) groups is 1. The van der Waals surface area contributed by atoms with Gasteiger partial charge < -0.3 is 14.6 Å². The van der Waals surface area contributed by atoms with Crippen molar-refractivity contribution < 1.29 is 9.53 Å². The zero-order chi connectivity index (χ0) is 15.7. The number of aromatic nitrogens is 2. The molecule has 1 N–H and O–H groups in total. The number of anilines is 2. The van der Waals surface area contributed by atoms with Crippen LogP contribution in [0.25, 0.3) is 0 Å². The monoisotopic (exact) mass is 364 g/mol. The second kappa shape index (κ2) is 6.00. The highest BCUT2D eigenvalue weighted by atomic mass is 79.9. The van der Waals surface area contributed by atoms with Crippen molar-refractivity contribution >= 4 is 33.4 Å². The molecule has 0 saturated carbocycles. The average Bonchev–Trinajstić information content (AvgIpc) is 3.16. The van der Waals surface area contributed by atoms with E-state index < -0.39 is 0 Å². The van der Waals surface area contributed by atoms with E-state index in [1.54, 1.807) is 13.4 Å². The lowest BCUT2D eigenvalue weighted by Gasteiger charge is -2.22. The number of carbonyl (C=O) groups excluding carboxylic acids is 1. The first-order valence-corrected chi connectivity index (χ1v) is 7.75. The molecular weight excluding hydrogens is 348 g/mol. The highest BCUT2D eigenvalue weighted by Crippen LogP contribution is 2.38. The smallest absolute Gasteiger partial charge is 0.413 e. The predicted octanol–water partition coefficient (Wildman–Crippen LogP) is 2.94. The number of hydrogen-bond acceptors (Lipinski definition) is 4. The molecule has 0 radical (unpaired) electrons. The molecule has 3 rings (SSSR count). The largest absolute Gasteiger partial charge is 0.452 e. The van der Waals surface area contributed by atoms with Gasteiger partial charge in [-0.3, -0.25) is 4.90 Å². The maximum atomic E-state index is 11.7. The lowest BCUT2D eigenvalue weighted by atomic mass is 10.1. The van der Waals surface area contributed by atoms with Gasteiger partial charge >= 0.3 is 6.09 Å². The molecule has 0 saturated heterocycles. The van der Waals surface area contributed by atoms with Crippen LogP contribution in [0.1, 0.15) is 11.3 Å². The number of nitrogens with one attached hydrogen (secondary N) is 1. The molecule has 1 amide bonds. The van der Waals surface area contributed by atoms with Gasteiger partial charge in [0, 0.05) is 35.6 Å². The van der Waals surface area contributed by atoms with Gasteiger partial charge in [0.05, 0.1) is 25.7 Å². The fourth-order valence-electron chi connectivity index (χ4n) is 2.68. The molecule has 0 aliphatic carbocycles. The quantitative estimate of drug-likeness (QED) is 0.909. The Labute approximate surface area is 137 Å². The fraction of sp³-hybridized carbons (Fsp3) is 0.333. The second-order valence-electron chi connectivity index (χ2n) is 5.20. The van der Waals surface area contributed by atoms with Gasteiger partial charge in [0.2, 0.25) is 0 Å². The van der Waals surface area contributed by atoms with E-state index >= 15 is 0 Å². The fourth-order valence-corrected chi connectivity index (χ4v) is 3.32. The summed E-state index contributed by atoms with van der Waals surface area (Å²) in [6, 6.07) is 3.98. The van der Waals surface area contributed by atoms with E-state index in [4.69, 9.17) is 4.74 Å². The van der Waals surface area contributed by atoms with Crippen LogP contribution >= 0.6 is 15.9 Å². The van der Waals surface area contributed by atoms with Gasteiger partial charge in [-0.25, -0.2) is 9.78 Å². The van der Waals surface area contributed by atoms with Crippen LogP contribution in [0.15, 0.2) is 29.1 Å². The number of H-pyrrole nitrogens is 1. The van der Waals surface area contributed by atoms with Crippen LogP contribution < -0.4 is 9.80 Å². The van der Waals surface area contributed by atoms with Gasteiger partial charge in [0.15, 0.2) is 0 Å². The van der Waals surface area contributed by atoms with Gasteiger partial charge in [0.1, 0.15) is 0 Å². The highest BCUT2D eigenvalue weighted by Gasteiger charge is 2.24. The molecule has 116 valence electrons. The third-order valence-corrected chi connectivity index (χ3v) is 4.59. The first-order valence-electron chi connectivity index (χ1n) is 6.96. The third kappa shape index (κ3) is 2.68. The average molecular weight is 365 g/mol. The summed E-state index contributed by atoms with van der Waals surface area (Å²) in [7, 11) is 3.08. The number of fused-ring (bicyclic) bond motifs is 1. The summed E-state index contributed by atoms with van der Waals surface area (Å²) < 4.78 is 5.80. The summed E-state index contributed by atoms with van der Waals surface area (Å²) in [5, 5.41) is 0. The summed E-state index contributed by atoms with van der Waals surface area (Å²) in [5.74, 6) is 0. The number of aromatic amines is 1. The Morgan fingerprint density at radius 3 is 3.05 bits per heavy atom. The zero-order valence-corrected chi connectivity index (χ0v) is 14.1. The molecular formula is C15H17BrN4O2. The maximum Gasteiger partial charge on any atom is 0.413 e. The van der Waals surface area contributed by atoms with Crippen molar-refractivity contribution in [2.75, 3.05) is 30.5 Å². The first-order chi connectivity index (χ1) is 10.6. The Hall–Kier alpha value is -2.02. The van der Waals surface area contributed by atoms with E-state index in [2.05, 4.69) is 30.8 Å². The van der Waals surface area contributed by atoms with Gasteiger partial charge in [-0.2, -0.15) is 0 Å². The molecule has 1 aromatic heterocycles. The molecule has 2 aromatic rings. The number of nitrogens with zero attached hydrogens (tertiary/aromatic N) is 3. The second-order valence-corrected chi connectivity index (χ2v) is 6.06. The van der Waals surface area contributed by atoms with Crippen LogP contribution in [-0.4, -0.2) is 36.8 Å². The van der Waals surface area contributed by atoms with Crippen molar-refractivity contribution in [1.82, 2.24) is 9.97 Å². The van der Waals surface area contributed by atoms with E-state index in [0.717, 1.165) is 41.1 Å². The van der Waals surface area contributed by atoms with Crippen molar-refractivity contribution in [1.29, 1.82) is 0 Å². The van der Waals surface area contributed by atoms with Crippen molar-refractivity contribution in [3.63, 3.8) is 0 Å². The lowest BCUT2D eigenvalue weighted by molar-refractivity contribution is 0.180. The predicted molar refractivity (Wildman–Crippen MR) is 88.3 cm³/mol. The molecule has 0 spiro atoms. The Bertz CT molecular complexity index is 687. The number of rotatable bonds is 3. The minimum absolute atomic E-state index is 0.384. The van der Waals surface area contributed by atoms with Crippen LogP contribution in [0.5, 0.6) is 0 Å². The van der Waals surface area contributed by atoms with Crippen molar-refractivity contribution in [3.8, 4) is 0 Å². The molecule has 0 bridgehead atoms. The summed E-state index contributed by atoms with van der Waals surface area (Å²) in [4.78, 5) is 22.7. The van der Waals surface area contributed by atoms with E-state index in [1.165, 1.54) is 17.6 Å². The third-order valence-electron chi connectivity index (χ3n) is 3.88.